The first kappa shape index (κ1) is 56.4. The highest BCUT2D eigenvalue weighted by atomic mass is 16.8. The number of aliphatic hydroxyl groups excluding tert-OH is 13. The van der Waals surface area contributed by atoms with Crippen LogP contribution in [0.1, 0.15) is 99.3 Å². The van der Waals surface area contributed by atoms with E-state index >= 15 is 0 Å². The van der Waals surface area contributed by atoms with Crippen LogP contribution in [0, 0.1) is 46.3 Å². The molecule has 22 nitrogen and oxygen atoms in total. The van der Waals surface area contributed by atoms with E-state index < -0.39 is 148 Å². The smallest absolute Gasteiger partial charge is 0.187 e. The summed E-state index contributed by atoms with van der Waals surface area (Å²) in [7, 11) is 0. The molecule has 0 spiro atoms. The molecular weight excluding hydrogens is 965 g/mol. The maximum absolute atomic E-state index is 12.2. The van der Waals surface area contributed by atoms with Crippen molar-refractivity contribution < 1.29 is 109 Å². The summed E-state index contributed by atoms with van der Waals surface area (Å²) in [6, 6.07) is 0. The van der Waals surface area contributed by atoms with E-state index in [1.807, 2.05) is 6.92 Å². The molecular formula is C51H84O22. The van der Waals surface area contributed by atoms with Gasteiger partial charge in [0.15, 0.2) is 25.2 Å². The normalized spacial score (nSPS) is 54.5. The Labute approximate surface area is 426 Å². The van der Waals surface area contributed by atoms with Crippen molar-refractivity contribution in [3.63, 3.8) is 0 Å². The van der Waals surface area contributed by atoms with E-state index in [0.717, 1.165) is 44.3 Å². The number of ether oxygens (including phenoxy) is 9. The van der Waals surface area contributed by atoms with E-state index in [9.17, 15) is 66.4 Å². The molecule has 0 aromatic rings. The van der Waals surface area contributed by atoms with Crippen molar-refractivity contribution in [3.05, 3.63) is 11.3 Å². The van der Waals surface area contributed by atoms with Crippen LogP contribution in [0.2, 0.25) is 0 Å². The Bertz CT molecular complexity index is 1900. The van der Waals surface area contributed by atoms with Crippen molar-refractivity contribution in [2.45, 2.75) is 240 Å². The number of hydrogen-bond acceptors (Lipinski definition) is 22. The fourth-order valence-electron chi connectivity index (χ4n) is 15.1. The van der Waals surface area contributed by atoms with Gasteiger partial charge in [-0.15, -0.1) is 0 Å². The van der Waals surface area contributed by atoms with Gasteiger partial charge in [0.1, 0.15) is 91.6 Å². The zero-order chi connectivity index (χ0) is 52.7. The predicted octanol–water partition coefficient (Wildman–Crippen LogP) is -1.98. The lowest BCUT2D eigenvalue weighted by atomic mass is 9.44. The Kier molecular flexibility index (Phi) is 17.1. The summed E-state index contributed by atoms with van der Waals surface area (Å²) in [5.41, 5.74) is 1.07. The summed E-state index contributed by atoms with van der Waals surface area (Å²) in [5, 5.41) is 139. The first-order chi connectivity index (χ1) is 34.5. The average molecular weight is 1050 g/mol. The molecule has 0 aromatic carbocycles. The van der Waals surface area contributed by atoms with Crippen LogP contribution in [0.15, 0.2) is 11.3 Å². The topological polar surface area (TPSA) is 346 Å². The van der Waals surface area contributed by atoms with Crippen LogP contribution >= 0.6 is 0 Å². The quantitative estimate of drug-likeness (QED) is 0.0839. The van der Waals surface area contributed by atoms with Crippen LogP contribution in [0.3, 0.4) is 0 Å². The summed E-state index contributed by atoms with van der Waals surface area (Å²) < 4.78 is 54.9. The predicted molar refractivity (Wildman–Crippen MR) is 249 cm³/mol. The van der Waals surface area contributed by atoms with Crippen LogP contribution in [-0.4, -0.2) is 227 Å². The highest BCUT2D eigenvalue weighted by Gasteiger charge is 2.66. The number of hydrogen-bond donors (Lipinski definition) is 13. The Hall–Kier alpha value is -1.30. The van der Waals surface area contributed by atoms with Gasteiger partial charge in [0, 0.05) is 12.3 Å². The highest BCUT2D eigenvalue weighted by molar-refractivity contribution is 5.27. The van der Waals surface area contributed by atoms with Crippen LogP contribution in [0.25, 0.3) is 0 Å². The lowest BCUT2D eigenvalue weighted by Crippen LogP contribution is -2.67. The second-order valence-corrected chi connectivity index (χ2v) is 23.8. The van der Waals surface area contributed by atoms with Gasteiger partial charge in [0.2, 0.25) is 0 Å². The van der Waals surface area contributed by atoms with E-state index in [0.29, 0.717) is 37.0 Å². The van der Waals surface area contributed by atoms with E-state index in [1.165, 1.54) is 19.4 Å². The van der Waals surface area contributed by atoms with Crippen LogP contribution < -0.4 is 0 Å². The Morgan fingerprint density at radius 3 is 1.81 bits per heavy atom. The zero-order valence-electron chi connectivity index (χ0n) is 42.7. The Morgan fingerprint density at radius 2 is 1.18 bits per heavy atom. The van der Waals surface area contributed by atoms with Crippen molar-refractivity contribution in [1.82, 2.24) is 0 Å². The first-order valence-electron chi connectivity index (χ1n) is 26.8. The van der Waals surface area contributed by atoms with Gasteiger partial charge in [-0.3, -0.25) is 0 Å². The molecule has 4 aliphatic carbocycles. The summed E-state index contributed by atoms with van der Waals surface area (Å²) >= 11 is 0. The third kappa shape index (κ3) is 10.2. The number of rotatable bonds is 14. The zero-order valence-corrected chi connectivity index (χ0v) is 42.7. The molecule has 9 rings (SSSR count). The van der Waals surface area contributed by atoms with Gasteiger partial charge in [-0.1, -0.05) is 20.8 Å². The van der Waals surface area contributed by atoms with E-state index in [4.69, 9.17) is 42.6 Å². The molecule has 0 bridgehead atoms. The van der Waals surface area contributed by atoms with Crippen molar-refractivity contribution in [3.8, 4) is 0 Å². The minimum atomic E-state index is -1.80. The first-order valence-corrected chi connectivity index (χ1v) is 26.8. The molecule has 9 aliphatic rings. The molecule has 5 aliphatic heterocycles. The van der Waals surface area contributed by atoms with Crippen molar-refractivity contribution in [1.29, 1.82) is 0 Å². The molecule has 8 fully saturated rings. The van der Waals surface area contributed by atoms with Gasteiger partial charge in [-0.05, 0) is 118 Å². The fraction of sp³-hybridized carbons (Fsp3) is 0.961. The third-order valence-electron chi connectivity index (χ3n) is 19.4. The average Bonchev–Trinajstić information content (AvgIpc) is 3.85. The molecule has 0 amide bonds. The van der Waals surface area contributed by atoms with Crippen molar-refractivity contribution >= 4 is 0 Å². The fourth-order valence-corrected chi connectivity index (χ4v) is 15.1. The summed E-state index contributed by atoms with van der Waals surface area (Å²) in [4.78, 5) is 0. The number of allylic oxidation sites excluding steroid dienone is 1. The van der Waals surface area contributed by atoms with Gasteiger partial charge >= 0.3 is 0 Å². The van der Waals surface area contributed by atoms with E-state index in [2.05, 4.69) is 20.8 Å². The SMILES string of the molecule is CC1=C(CCC(C)COC2OC(CO)C(O)C(O)C2O)OC2CC3C4CCC5CC(OC6OC(CO)C(O)C(OC7OC(C)C(O)C(O)C7O)C6OC6OC(C)C(O)C(O)C6O)C(O)CC5(C)C4CCC3(C)C12. The largest absolute Gasteiger partial charge is 0.494 e. The van der Waals surface area contributed by atoms with E-state index in [1.54, 1.807) is 0 Å². The number of aliphatic hydroxyl groups is 13. The second-order valence-electron chi connectivity index (χ2n) is 23.8. The summed E-state index contributed by atoms with van der Waals surface area (Å²) in [5.74, 6) is 2.64. The maximum Gasteiger partial charge on any atom is 0.187 e. The Morgan fingerprint density at radius 1 is 0.603 bits per heavy atom. The molecule has 420 valence electrons. The number of fused-ring (bicyclic) bond motifs is 7. The summed E-state index contributed by atoms with van der Waals surface area (Å²) in [6.07, 6.45) is -24.2. The molecule has 13 N–H and O–H groups in total. The molecule has 5 heterocycles. The lowest BCUT2D eigenvalue weighted by Gasteiger charge is -2.61. The molecule has 22 heteroatoms. The standard InChI is InChI=1S/C51H84O22/c1-19(18-65-46-41(62)40(61)36(57)31(16-52)70-46)7-10-28-20(2)33-30(68-28)14-26-24-9-8-23-13-29(27(54)15-51(23,6)25(24)11-12-50(26,33)5)69-49-45(73-48-43(64)39(60)35(56)22(4)67-48)44(37(58)32(17-53)71-49)72-47-42(63)38(59)34(55)21(3)66-47/h19,21-27,29-49,52-64H,7-18H2,1-6H3. The van der Waals surface area contributed by atoms with Crippen LogP contribution in [-0.2, 0) is 42.6 Å². The van der Waals surface area contributed by atoms with Gasteiger partial charge in [-0.2, -0.15) is 0 Å². The van der Waals surface area contributed by atoms with Crippen molar-refractivity contribution in [2.75, 3.05) is 19.8 Å². The van der Waals surface area contributed by atoms with Crippen molar-refractivity contribution in [2.24, 2.45) is 46.3 Å². The second kappa shape index (κ2) is 22.1. The molecule has 31 unspecified atom stereocenters. The summed E-state index contributed by atoms with van der Waals surface area (Å²) in [6.45, 7) is 10.9. The Balaban J connectivity index is 0.862. The minimum Gasteiger partial charge on any atom is -0.494 e. The minimum absolute atomic E-state index is 0.0214. The molecule has 4 saturated heterocycles. The molecule has 0 radical (unpaired) electrons. The van der Waals surface area contributed by atoms with Gasteiger partial charge in [0.25, 0.3) is 0 Å². The van der Waals surface area contributed by atoms with Crippen LogP contribution in [0.4, 0.5) is 0 Å². The van der Waals surface area contributed by atoms with Gasteiger partial charge < -0.3 is 109 Å². The van der Waals surface area contributed by atoms with Gasteiger partial charge in [0.05, 0.1) is 50.0 Å². The molecule has 4 saturated carbocycles. The van der Waals surface area contributed by atoms with Crippen LogP contribution in [0.5, 0.6) is 0 Å². The highest BCUT2D eigenvalue weighted by Crippen LogP contribution is 2.70. The van der Waals surface area contributed by atoms with Gasteiger partial charge in [-0.25, -0.2) is 0 Å². The molecule has 31 atom stereocenters. The lowest BCUT2D eigenvalue weighted by molar-refractivity contribution is -0.396. The maximum atomic E-state index is 12.2. The van der Waals surface area contributed by atoms with E-state index in [-0.39, 0.29) is 41.3 Å². The monoisotopic (exact) mass is 1050 g/mol. The molecule has 73 heavy (non-hydrogen) atoms. The third-order valence-corrected chi connectivity index (χ3v) is 19.4. The molecule has 0 aromatic heterocycles.